The maximum absolute atomic E-state index is 6.53. The van der Waals surface area contributed by atoms with Crippen LogP contribution in [0.5, 0.6) is 11.5 Å². The molecule has 2 N–H and O–H groups in total. The third-order valence-electron chi connectivity index (χ3n) is 4.93. The highest BCUT2D eigenvalue weighted by atomic mass is 16.7. The van der Waals surface area contributed by atoms with Crippen LogP contribution in [0.3, 0.4) is 0 Å². The largest absolute Gasteiger partial charge is 0.467 e. The fourth-order valence-corrected chi connectivity index (χ4v) is 3.65. The van der Waals surface area contributed by atoms with Gasteiger partial charge >= 0.3 is 0 Å². The summed E-state index contributed by atoms with van der Waals surface area (Å²) in [7, 11) is 3.20. The van der Waals surface area contributed by atoms with Crippen LogP contribution in [-0.4, -0.2) is 34.4 Å². The van der Waals surface area contributed by atoms with Gasteiger partial charge in [-0.1, -0.05) is 66.7 Å². The molecule has 0 saturated carbocycles. The number of hydrogen-bond acceptors (Lipinski definition) is 5. The Bertz CT molecular complexity index is 847. The minimum Gasteiger partial charge on any atom is -0.467 e. The molecular weight excluding hydrogens is 366 g/mol. The van der Waals surface area contributed by atoms with E-state index in [4.69, 9.17) is 24.7 Å². The van der Waals surface area contributed by atoms with Gasteiger partial charge in [0.1, 0.15) is 11.5 Å². The van der Waals surface area contributed by atoms with Crippen molar-refractivity contribution in [2.45, 2.75) is 5.41 Å². The zero-order valence-electron chi connectivity index (χ0n) is 16.8. The average molecular weight is 393 g/mol. The first kappa shape index (κ1) is 20.9. The number of para-hydroxylation sites is 2. The van der Waals surface area contributed by atoms with Crippen molar-refractivity contribution in [1.82, 2.24) is 0 Å². The SMILES string of the molecule is COCOc1ccccc1C(CN)(c1ccccc1)c1ccccc1OCOC. The lowest BCUT2D eigenvalue weighted by Gasteiger charge is -2.36. The molecule has 3 aromatic carbocycles. The minimum absolute atomic E-state index is 0.147. The molecule has 3 rings (SSSR count). The van der Waals surface area contributed by atoms with Gasteiger partial charge in [0.25, 0.3) is 0 Å². The number of rotatable bonds is 10. The van der Waals surface area contributed by atoms with E-state index in [9.17, 15) is 0 Å². The van der Waals surface area contributed by atoms with Gasteiger partial charge in [0, 0.05) is 31.9 Å². The predicted molar refractivity (Wildman–Crippen MR) is 113 cm³/mol. The van der Waals surface area contributed by atoms with E-state index >= 15 is 0 Å². The molecular formula is C24H27NO4. The number of benzene rings is 3. The Labute approximate surface area is 172 Å². The van der Waals surface area contributed by atoms with Gasteiger partial charge in [-0.25, -0.2) is 0 Å². The summed E-state index contributed by atoms with van der Waals surface area (Å²) in [6, 6.07) is 26.0. The van der Waals surface area contributed by atoms with Gasteiger partial charge in [0.2, 0.25) is 0 Å². The van der Waals surface area contributed by atoms with Crippen LogP contribution >= 0.6 is 0 Å². The standard InChI is InChI=1S/C24H27NO4/c1-26-17-28-22-14-8-6-12-20(22)24(16-25,19-10-4-3-5-11-19)21-13-7-9-15-23(21)29-18-27-2/h3-15H,16-18,25H2,1-2H3. The molecule has 0 heterocycles. The van der Waals surface area contributed by atoms with Crippen molar-refractivity contribution in [3.63, 3.8) is 0 Å². The molecule has 152 valence electrons. The van der Waals surface area contributed by atoms with E-state index in [-0.39, 0.29) is 13.6 Å². The zero-order chi connectivity index (χ0) is 20.5. The molecule has 0 fully saturated rings. The van der Waals surface area contributed by atoms with Crippen molar-refractivity contribution < 1.29 is 18.9 Å². The highest BCUT2D eigenvalue weighted by Gasteiger charge is 2.39. The van der Waals surface area contributed by atoms with Gasteiger partial charge in [-0.3, -0.25) is 0 Å². The van der Waals surface area contributed by atoms with Crippen molar-refractivity contribution in [2.24, 2.45) is 5.73 Å². The summed E-state index contributed by atoms with van der Waals surface area (Å²) >= 11 is 0. The summed E-state index contributed by atoms with van der Waals surface area (Å²) in [5.41, 5.74) is 8.77. The molecule has 0 bridgehead atoms. The van der Waals surface area contributed by atoms with E-state index in [0.29, 0.717) is 18.0 Å². The molecule has 0 atom stereocenters. The fraction of sp³-hybridized carbons (Fsp3) is 0.250. The van der Waals surface area contributed by atoms with Crippen molar-refractivity contribution in [2.75, 3.05) is 34.4 Å². The first-order valence-corrected chi connectivity index (χ1v) is 9.46. The molecule has 0 unspecified atom stereocenters. The molecule has 0 aliphatic heterocycles. The zero-order valence-corrected chi connectivity index (χ0v) is 16.8. The van der Waals surface area contributed by atoms with E-state index in [1.807, 2.05) is 66.7 Å². The summed E-state index contributed by atoms with van der Waals surface area (Å²) in [4.78, 5) is 0. The first-order chi connectivity index (χ1) is 14.3. The number of nitrogens with two attached hydrogens (primary N) is 1. The minimum atomic E-state index is -0.685. The lowest BCUT2D eigenvalue weighted by atomic mass is 9.68. The van der Waals surface area contributed by atoms with Crippen LogP contribution in [0.15, 0.2) is 78.9 Å². The van der Waals surface area contributed by atoms with E-state index in [0.717, 1.165) is 16.7 Å². The molecule has 29 heavy (non-hydrogen) atoms. The Balaban J connectivity index is 2.28. The van der Waals surface area contributed by atoms with Crippen LogP contribution in [0.4, 0.5) is 0 Å². The molecule has 0 saturated heterocycles. The Hall–Kier alpha value is -2.86. The topological polar surface area (TPSA) is 62.9 Å². The summed E-state index contributed by atoms with van der Waals surface area (Å²) in [6.45, 7) is 0.611. The quantitative estimate of drug-likeness (QED) is 0.417. The Morgan fingerprint density at radius 1 is 0.655 bits per heavy atom. The highest BCUT2D eigenvalue weighted by Crippen LogP contribution is 2.45. The Morgan fingerprint density at radius 3 is 1.55 bits per heavy atom. The van der Waals surface area contributed by atoms with Crippen LogP contribution in [0, 0.1) is 0 Å². The molecule has 0 radical (unpaired) electrons. The molecule has 0 spiro atoms. The number of methoxy groups -OCH3 is 2. The molecule has 0 amide bonds. The van der Waals surface area contributed by atoms with E-state index < -0.39 is 5.41 Å². The second-order valence-electron chi connectivity index (χ2n) is 6.57. The van der Waals surface area contributed by atoms with Gasteiger partial charge in [-0.2, -0.15) is 0 Å². The summed E-state index contributed by atoms with van der Waals surface area (Å²) in [5, 5.41) is 0. The van der Waals surface area contributed by atoms with E-state index in [2.05, 4.69) is 12.1 Å². The van der Waals surface area contributed by atoms with Crippen LogP contribution < -0.4 is 15.2 Å². The second-order valence-corrected chi connectivity index (χ2v) is 6.57. The molecule has 3 aromatic rings. The van der Waals surface area contributed by atoms with Gasteiger partial charge in [-0.15, -0.1) is 0 Å². The van der Waals surface area contributed by atoms with Gasteiger partial charge in [0.05, 0.1) is 5.41 Å². The predicted octanol–water partition coefficient (Wildman–Crippen LogP) is 3.95. The highest BCUT2D eigenvalue weighted by molar-refractivity contribution is 5.59. The van der Waals surface area contributed by atoms with Gasteiger partial charge in [0.15, 0.2) is 13.6 Å². The molecule has 0 aliphatic rings. The third kappa shape index (κ3) is 4.27. The average Bonchev–Trinajstić information content (AvgIpc) is 2.79. The summed E-state index contributed by atoms with van der Waals surface area (Å²) in [5.74, 6) is 1.43. The lowest BCUT2D eigenvalue weighted by molar-refractivity contribution is 0.0487. The van der Waals surface area contributed by atoms with Crippen molar-refractivity contribution in [3.8, 4) is 11.5 Å². The van der Waals surface area contributed by atoms with Crippen LogP contribution in [0.1, 0.15) is 16.7 Å². The maximum Gasteiger partial charge on any atom is 0.188 e. The molecule has 0 aromatic heterocycles. The van der Waals surface area contributed by atoms with Crippen LogP contribution in [-0.2, 0) is 14.9 Å². The normalized spacial score (nSPS) is 11.3. The van der Waals surface area contributed by atoms with Crippen LogP contribution in [0.2, 0.25) is 0 Å². The second kappa shape index (κ2) is 10.1. The van der Waals surface area contributed by atoms with E-state index in [1.54, 1.807) is 14.2 Å². The number of hydrogen-bond donors (Lipinski definition) is 1. The molecule has 0 aliphatic carbocycles. The maximum atomic E-state index is 6.53. The lowest BCUT2D eigenvalue weighted by Crippen LogP contribution is -2.38. The summed E-state index contributed by atoms with van der Waals surface area (Å²) in [6.07, 6.45) is 0. The van der Waals surface area contributed by atoms with Crippen LogP contribution in [0.25, 0.3) is 0 Å². The van der Waals surface area contributed by atoms with Crippen molar-refractivity contribution >= 4 is 0 Å². The smallest absolute Gasteiger partial charge is 0.188 e. The molecule has 5 nitrogen and oxygen atoms in total. The van der Waals surface area contributed by atoms with Gasteiger partial charge in [-0.05, 0) is 17.7 Å². The first-order valence-electron chi connectivity index (χ1n) is 9.46. The third-order valence-corrected chi connectivity index (χ3v) is 4.93. The van der Waals surface area contributed by atoms with Crippen molar-refractivity contribution in [1.29, 1.82) is 0 Å². The summed E-state index contributed by atoms with van der Waals surface area (Å²) < 4.78 is 22.1. The van der Waals surface area contributed by atoms with E-state index in [1.165, 1.54) is 0 Å². The fourth-order valence-electron chi connectivity index (χ4n) is 3.65. The number of ether oxygens (including phenoxy) is 4. The Morgan fingerprint density at radius 2 is 1.10 bits per heavy atom. The van der Waals surface area contributed by atoms with Gasteiger partial charge < -0.3 is 24.7 Å². The Kier molecular flexibility index (Phi) is 7.25. The monoisotopic (exact) mass is 393 g/mol. The molecule has 5 heteroatoms. The van der Waals surface area contributed by atoms with Crippen molar-refractivity contribution in [3.05, 3.63) is 95.6 Å².